The fourth-order valence-corrected chi connectivity index (χ4v) is 4.61. The number of carbonyl (C=O) groups is 2. The van der Waals surface area contributed by atoms with Crippen LogP contribution in [0, 0.1) is 0 Å². The summed E-state index contributed by atoms with van der Waals surface area (Å²) in [4.78, 5) is 29.3. The molecule has 0 aromatic heterocycles. The van der Waals surface area contributed by atoms with Crippen molar-refractivity contribution < 1.29 is 14.3 Å². The Kier molecular flexibility index (Phi) is 5.64. The smallest absolute Gasteiger partial charge is 0.254 e. The van der Waals surface area contributed by atoms with Crippen molar-refractivity contribution in [1.82, 2.24) is 9.80 Å². The molecule has 3 aromatic rings. The van der Waals surface area contributed by atoms with Crippen molar-refractivity contribution in [2.45, 2.75) is 13.0 Å². The molecule has 2 heterocycles. The number of rotatable bonds is 4. The van der Waals surface area contributed by atoms with Gasteiger partial charge < -0.3 is 15.0 Å². The van der Waals surface area contributed by atoms with E-state index in [1.165, 1.54) is 6.92 Å². The van der Waals surface area contributed by atoms with Gasteiger partial charge in [0.05, 0.1) is 19.3 Å². The first-order chi connectivity index (χ1) is 15.6. The molecule has 0 aliphatic carbocycles. The largest absolute Gasteiger partial charge is 0.378 e. The number of anilines is 1. The van der Waals surface area contributed by atoms with Gasteiger partial charge >= 0.3 is 0 Å². The van der Waals surface area contributed by atoms with Gasteiger partial charge in [0.15, 0.2) is 0 Å². The van der Waals surface area contributed by atoms with Crippen molar-refractivity contribution in [3.63, 3.8) is 0 Å². The van der Waals surface area contributed by atoms with Gasteiger partial charge in [-0.1, -0.05) is 42.5 Å². The topological polar surface area (TPSA) is 61.9 Å². The van der Waals surface area contributed by atoms with Crippen LogP contribution >= 0.6 is 0 Å². The molecular weight excluding hydrogens is 402 g/mol. The molecule has 0 bridgehead atoms. The maximum absolute atomic E-state index is 13.4. The Morgan fingerprint density at radius 3 is 2.34 bits per heavy atom. The molecule has 1 N–H and O–H groups in total. The molecule has 6 heteroatoms. The van der Waals surface area contributed by atoms with Crippen molar-refractivity contribution >= 4 is 28.3 Å². The molecule has 0 spiro atoms. The number of nitrogens with zero attached hydrogens (tertiary/aromatic N) is 2. The molecule has 2 saturated heterocycles. The lowest BCUT2D eigenvalue weighted by molar-refractivity contribution is -0.114. The molecule has 2 fully saturated rings. The van der Waals surface area contributed by atoms with Crippen LogP contribution in [0.2, 0.25) is 0 Å². The summed E-state index contributed by atoms with van der Waals surface area (Å²) in [5, 5.41) is 4.83. The highest BCUT2D eigenvalue weighted by molar-refractivity contribution is 6.10. The van der Waals surface area contributed by atoms with Gasteiger partial charge in [0.1, 0.15) is 0 Å². The quantitative estimate of drug-likeness (QED) is 0.688. The van der Waals surface area contributed by atoms with Crippen molar-refractivity contribution in [2.75, 3.05) is 44.7 Å². The molecular formula is C26H27N3O3. The van der Waals surface area contributed by atoms with Crippen molar-refractivity contribution in [3.05, 3.63) is 66.2 Å². The zero-order valence-electron chi connectivity index (χ0n) is 18.2. The van der Waals surface area contributed by atoms with Crippen LogP contribution in [-0.2, 0) is 9.53 Å². The van der Waals surface area contributed by atoms with Gasteiger partial charge in [0.25, 0.3) is 5.91 Å². The van der Waals surface area contributed by atoms with E-state index in [4.69, 9.17) is 4.74 Å². The summed E-state index contributed by atoms with van der Waals surface area (Å²) < 4.78 is 5.31. The summed E-state index contributed by atoms with van der Waals surface area (Å²) in [6.45, 7) is 6.39. The summed E-state index contributed by atoms with van der Waals surface area (Å²) in [5.41, 5.74) is 3.54. The highest BCUT2D eigenvalue weighted by atomic mass is 16.5. The number of hydrogen-bond donors (Lipinski definition) is 1. The fourth-order valence-electron chi connectivity index (χ4n) is 4.61. The number of amides is 2. The molecule has 3 aromatic carbocycles. The first kappa shape index (κ1) is 20.7. The maximum atomic E-state index is 13.4. The molecule has 5 rings (SSSR count). The number of benzene rings is 3. The third-order valence-corrected chi connectivity index (χ3v) is 6.38. The Hall–Kier alpha value is -3.22. The number of ether oxygens (including phenoxy) is 1. The first-order valence-corrected chi connectivity index (χ1v) is 11.1. The second-order valence-electron chi connectivity index (χ2n) is 8.49. The van der Waals surface area contributed by atoms with Crippen LogP contribution in [0.5, 0.6) is 0 Å². The highest BCUT2D eigenvalue weighted by Gasteiger charge is 2.30. The van der Waals surface area contributed by atoms with Crippen molar-refractivity contribution in [3.8, 4) is 11.1 Å². The lowest BCUT2D eigenvalue weighted by Crippen LogP contribution is -2.57. The number of piperazine rings is 1. The average Bonchev–Trinajstić information content (AvgIpc) is 2.77. The van der Waals surface area contributed by atoms with Gasteiger partial charge in [-0.3, -0.25) is 14.5 Å². The fraction of sp³-hybridized carbons (Fsp3) is 0.308. The third-order valence-electron chi connectivity index (χ3n) is 6.38. The van der Waals surface area contributed by atoms with E-state index in [-0.39, 0.29) is 11.8 Å². The molecule has 0 atom stereocenters. The second-order valence-corrected chi connectivity index (χ2v) is 8.49. The molecule has 2 amide bonds. The Morgan fingerprint density at radius 2 is 1.62 bits per heavy atom. The molecule has 2 aliphatic rings. The summed E-state index contributed by atoms with van der Waals surface area (Å²) in [5.74, 6) is -0.0119. The minimum atomic E-state index is -0.0992. The van der Waals surface area contributed by atoms with Crippen molar-refractivity contribution in [1.29, 1.82) is 0 Å². The van der Waals surface area contributed by atoms with E-state index in [0.29, 0.717) is 6.04 Å². The van der Waals surface area contributed by atoms with Crippen LogP contribution < -0.4 is 5.32 Å². The molecule has 2 aliphatic heterocycles. The Morgan fingerprint density at radius 1 is 0.906 bits per heavy atom. The van der Waals surface area contributed by atoms with Crippen molar-refractivity contribution in [2.24, 2.45) is 0 Å². The molecule has 164 valence electrons. The van der Waals surface area contributed by atoms with Crippen LogP contribution in [0.3, 0.4) is 0 Å². The molecule has 6 nitrogen and oxygen atoms in total. The SMILES string of the molecule is CC(=O)Nc1cccc(-c2cccc3c(C(=O)N4CCN(C5COC5)CC4)cccc23)c1. The lowest BCUT2D eigenvalue weighted by atomic mass is 9.95. The standard InChI is InChI=1S/C26H27N3O3/c1-18(30)27-20-6-2-5-19(15-20)22-7-3-9-24-23(22)8-4-10-25(24)26(31)29-13-11-28(12-14-29)21-16-32-17-21/h2-10,15,21H,11-14,16-17H2,1H3,(H,27,30). The number of nitrogens with one attached hydrogen (secondary N) is 1. The van der Waals surface area contributed by atoms with E-state index < -0.39 is 0 Å². The first-order valence-electron chi connectivity index (χ1n) is 11.1. The van der Waals surface area contributed by atoms with Crippen LogP contribution in [0.1, 0.15) is 17.3 Å². The van der Waals surface area contributed by atoms with Gasteiger partial charge in [0, 0.05) is 44.4 Å². The van der Waals surface area contributed by atoms with Crippen LogP contribution in [0.25, 0.3) is 21.9 Å². The summed E-state index contributed by atoms with van der Waals surface area (Å²) in [6.07, 6.45) is 0. The summed E-state index contributed by atoms with van der Waals surface area (Å²) in [7, 11) is 0. The van der Waals surface area contributed by atoms with Crippen LogP contribution in [-0.4, -0.2) is 67.0 Å². The highest BCUT2D eigenvalue weighted by Crippen LogP contribution is 2.32. The van der Waals surface area contributed by atoms with Crippen LogP contribution in [0.15, 0.2) is 60.7 Å². The third kappa shape index (κ3) is 3.99. The zero-order chi connectivity index (χ0) is 22.1. The van der Waals surface area contributed by atoms with Gasteiger partial charge in [-0.2, -0.15) is 0 Å². The van der Waals surface area contributed by atoms with E-state index in [9.17, 15) is 9.59 Å². The number of hydrogen-bond acceptors (Lipinski definition) is 4. The monoisotopic (exact) mass is 429 g/mol. The van der Waals surface area contributed by atoms with Gasteiger partial charge in [-0.25, -0.2) is 0 Å². The van der Waals surface area contributed by atoms with E-state index in [1.54, 1.807) is 0 Å². The minimum Gasteiger partial charge on any atom is -0.378 e. The van der Waals surface area contributed by atoms with E-state index in [2.05, 4.69) is 22.3 Å². The van der Waals surface area contributed by atoms with E-state index >= 15 is 0 Å². The minimum absolute atomic E-state index is 0.0873. The predicted octanol–water partition coefficient (Wildman–Crippen LogP) is 3.62. The van der Waals surface area contributed by atoms with E-state index in [0.717, 1.165) is 72.5 Å². The molecule has 0 saturated carbocycles. The lowest BCUT2D eigenvalue weighted by Gasteiger charge is -2.42. The van der Waals surface area contributed by atoms with Gasteiger partial charge in [-0.05, 0) is 40.1 Å². The Balaban J connectivity index is 1.43. The second kappa shape index (κ2) is 8.73. The normalized spacial score (nSPS) is 17.2. The molecule has 32 heavy (non-hydrogen) atoms. The number of carbonyl (C=O) groups excluding carboxylic acids is 2. The Labute approximate surface area is 187 Å². The molecule has 0 radical (unpaired) electrons. The van der Waals surface area contributed by atoms with Gasteiger partial charge in [0.2, 0.25) is 5.91 Å². The summed E-state index contributed by atoms with van der Waals surface area (Å²) in [6, 6.07) is 20.3. The number of fused-ring (bicyclic) bond motifs is 1. The molecule has 0 unspecified atom stereocenters. The van der Waals surface area contributed by atoms with E-state index in [1.807, 2.05) is 53.4 Å². The van der Waals surface area contributed by atoms with Crippen LogP contribution in [0.4, 0.5) is 5.69 Å². The Bertz CT molecular complexity index is 1160. The summed E-state index contributed by atoms with van der Waals surface area (Å²) >= 11 is 0. The zero-order valence-corrected chi connectivity index (χ0v) is 18.2. The average molecular weight is 430 g/mol. The maximum Gasteiger partial charge on any atom is 0.254 e. The van der Waals surface area contributed by atoms with Gasteiger partial charge in [-0.15, -0.1) is 0 Å². The predicted molar refractivity (Wildman–Crippen MR) is 126 cm³/mol.